The summed E-state index contributed by atoms with van der Waals surface area (Å²) in [6.07, 6.45) is 4.03. The first kappa shape index (κ1) is 13.7. The van der Waals surface area contributed by atoms with Crippen LogP contribution in [-0.2, 0) is 19.1 Å². The maximum atomic E-state index is 12.4. The van der Waals surface area contributed by atoms with Crippen LogP contribution in [0.15, 0.2) is 0 Å². The molecule has 1 aliphatic heterocycles. The van der Waals surface area contributed by atoms with E-state index in [1.165, 1.54) is 13.3 Å². The number of hydrogen-bond donors (Lipinski definition) is 0. The van der Waals surface area contributed by atoms with Crippen molar-refractivity contribution in [2.24, 2.45) is 28.6 Å². The summed E-state index contributed by atoms with van der Waals surface area (Å²) in [6, 6.07) is 0. The highest BCUT2D eigenvalue weighted by molar-refractivity contribution is 5.93. The van der Waals surface area contributed by atoms with E-state index in [2.05, 4.69) is 13.8 Å². The van der Waals surface area contributed by atoms with Crippen LogP contribution in [-0.4, -0.2) is 30.6 Å². The van der Waals surface area contributed by atoms with Gasteiger partial charge in [-0.25, -0.2) is 0 Å². The highest BCUT2D eigenvalue weighted by Gasteiger charge is 2.81. The molecule has 5 rings (SSSR count). The third kappa shape index (κ3) is 1.55. The Morgan fingerprint density at radius 1 is 1.38 bits per heavy atom. The number of epoxide rings is 1. The summed E-state index contributed by atoms with van der Waals surface area (Å²) in [5, 5.41) is 0. The lowest BCUT2D eigenvalue weighted by Crippen LogP contribution is -2.72. The lowest BCUT2D eigenvalue weighted by Gasteiger charge is -2.68. The van der Waals surface area contributed by atoms with Crippen molar-refractivity contribution < 1.29 is 19.1 Å². The van der Waals surface area contributed by atoms with Gasteiger partial charge in [0, 0.05) is 24.7 Å². The van der Waals surface area contributed by atoms with Crippen molar-refractivity contribution in [1.29, 1.82) is 0 Å². The molecule has 4 bridgehead atoms. The molecular formula is C17H24O4. The van der Waals surface area contributed by atoms with Gasteiger partial charge in [0.25, 0.3) is 0 Å². The average molecular weight is 292 g/mol. The summed E-state index contributed by atoms with van der Waals surface area (Å²) in [4.78, 5) is 23.7. The molecule has 0 amide bonds. The van der Waals surface area contributed by atoms with E-state index in [0.29, 0.717) is 37.3 Å². The second-order valence-electron chi connectivity index (χ2n) is 8.27. The highest BCUT2D eigenvalue weighted by Crippen LogP contribution is 2.76. The van der Waals surface area contributed by atoms with E-state index in [-0.39, 0.29) is 22.7 Å². The number of fused-ring (bicyclic) bond motifs is 1. The average Bonchev–Trinajstić information content (AvgIpc) is 3.17. The van der Waals surface area contributed by atoms with Crippen LogP contribution in [0.25, 0.3) is 0 Å². The number of esters is 1. The topological polar surface area (TPSA) is 55.9 Å². The Bertz CT molecular complexity index is 519. The van der Waals surface area contributed by atoms with Gasteiger partial charge in [0.2, 0.25) is 0 Å². The van der Waals surface area contributed by atoms with Gasteiger partial charge in [-0.05, 0) is 30.1 Å². The fourth-order valence-electron chi connectivity index (χ4n) is 5.99. The molecule has 4 heteroatoms. The van der Waals surface area contributed by atoms with E-state index in [9.17, 15) is 9.59 Å². The zero-order valence-electron chi connectivity index (χ0n) is 13.1. The molecule has 1 heterocycles. The normalized spacial score (nSPS) is 49.3. The van der Waals surface area contributed by atoms with Gasteiger partial charge >= 0.3 is 5.97 Å². The van der Waals surface area contributed by atoms with Gasteiger partial charge in [-0.2, -0.15) is 0 Å². The van der Waals surface area contributed by atoms with E-state index in [0.717, 1.165) is 12.8 Å². The largest absolute Gasteiger partial charge is 0.465 e. The molecule has 5 aliphatic rings. The lowest BCUT2D eigenvalue weighted by molar-refractivity contribution is -0.235. The molecule has 1 saturated heterocycles. The molecule has 5 fully saturated rings. The molecule has 0 radical (unpaired) electrons. The Morgan fingerprint density at radius 3 is 2.71 bits per heavy atom. The van der Waals surface area contributed by atoms with Crippen molar-refractivity contribution in [1.82, 2.24) is 0 Å². The second kappa shape index (κ2) is 3.89. The minimum absolute atomic E-state index is 0.00544. The van der Waals surface area contributed by atoms with Crippen LogP contribution in [0.3, 0.4) is 0 Å². The summed E-state index contributed by atoms with van der Waals surface area (Å²) in [7, 11) is 0. The standard InChI is InChI=1S/C17H24O4/c1-10(18)20-8-16-6-4-5-15(2,3)13-11(16)7-12(19)17(9-21-17)14(13)16/h11,13-14H,4-9H2,1-3H3/t11-,13-,14+,16+,17+/m0/s1. The number of carbonyl (C=O) groups excluding carboxylic acids is 2. The van der Waals surface area contributed by atoms with Gasteiger partial charge in [-0.1, -0.05) is 20.3 Å². The zero-order valence-corrected chi connectivity index (χ0v) is 13.1. The number of ketones is 1. The summed E-state index contributed by atoms with van der Waals surface area (Å²) in [5.74, 6) is 1.25. The van der Waals surface area contributed by atoms with Gasteiger partial charge in [-0.3, -0.25) is 9.59 Å². The molecule has 4 aliphatic carbocycles. The molecule has 4 saturated carbocycles. The smallest absolute Gasteiger partial charge is 0.302 e. The van der Waals surface area contributed by atoms with Crippen LogP contribution in [0.4, 0.5) is 0 Å². The monoisotopic (exact) mass is 292 g/mol. The molecule has 0 aromatic carbocycles. The van der Waals surface area contributed by atoms with E-state index in [1.807, 2.05) is 0 Å². The minimum Gasteiger partial charge on any atom is -0.465 e. The van der Waals surface area contributed by atoms with Crippen molar-refractivity contribution in [3.8, 4) is 0 Å². The fraction of sp³-hybridized carbons (Fsp3) is 0.882. The van der Waals surface area contributed by atoms with Gasteiger partial charge in [0.15, 0.2) is 11.4 Å². The fourth-order valence-corrected chi connectivity index (χ4v) is 5.99. The van der Waals surface area contributed by atoms with Crippen LogP contribution in [0, 0.1) is 28.6 Å². The summed E-state index contributed by atoms with van der Waals surface area (Å²) in [5.41, 5.74) is -0.277. The molecule has 0 unspecified atom stereocenters. The van der Waals surface area contributed by atoms with E-state index < -0.39 is 5.60 Å². The third-order valence-corrected chi connectivity index (χ3v) is 6.90. The Hall–Kier alpha value is -0.900. The lowest BCUT2D eigenvalue weighted by atomic mass is 9.35. The molecule has 21 heavy (non-hydrogen) atoms. The minimum atomic E-state index is -0.527. The van der Waals surface area contributed by atoms with E-state index >= 15 is 0 Å². The van der Waals surface area contributed by atoms with Crippen molar-refractivity contribution in [3.05, 3.63) is 0 Å². The molecule has 4 nitrogen and oxygen atoms in total. The van der Waals surface area contributed by atoms with Crippen molar-refractivity contribution >= 4 is 11.8 Å². The van der Waals surface area contributed by atoms with Crippen LogP contribution in [0.1, 0.15) is 46.5 Å². The molecule has 0 aromatic heterocycles. The molecule has 0 aromatic rings. The Kier molecular flexibility index (Phi) is 2.55. The molecule has 5 atom stereocenters. The number of hydrogen-bond acceptors (Lipinski definition) is 4. The third-order valence-electron chi connectivity index (χ3n) is 6.90. The predicted octanol–water partition coefficient (Wildman–Crippen LogP) is 2.35. The number of Topliss-reactive ketones (excluding diaryl/α,β-unsaturated/α-hetero) is 1. The summed E-state index contributed by atoms with van der Waals surface area (Å²) in [6.45, 7) is 7.20. The second-order valence-corrected chi connectivity index (χ2v) is 8.27. The van der Waals surface area contributed by atoms with Gasteiger partial charge in [0.05, 0.1) is 13.2 Å². The predicted molar refractivity (Wildman–Crippen MR) is 75.5 cm³/mol. The van der Waals surface area contributed by atoms with Gasteiger partial charge in [-0.15, -0.1) is 0 Å². The van der Waals surface area contributed by atoms with Crippen molar-refractivity contribution in [2.45, 2.75) is 52.1 Å². The van der Waals surface area contributed by atoms with Crippen LogP contribution in [0.2, 0.25) is 0 Å². The number of rotatable bonds is 2. The van der Waals surface area contributed by atoms with Crippen molar-refractivity contribution in [3.63, 3.8) is 0 Å². The maximum Gasteiger partial charge on any atom is 0.302 e. The first-order valence-electron chi connectivity index (χ1n) is 8.14. The van der Waals surface area contributed by atoms with Crippen molar-refractivity contribution in [2.75, 3.05) is 13.2 Å². The maximum absolute atomic E-state index is 12.4. The molecular weight excluding hydrogens is 268 g/mol. The first-order chi connectivity index (χ1) is 9.83. The van der Waals surface area contributed by atoms with Crippen LogP contribution >= 0.6 is 0 Å². The number of carbonyl (C=O) groups is 2. The Labute approximate surface area is 125 Å². The quantitative estimate of drug-likeness (QED) is 0.579. The summed E-state index contributed by atoms with van der Waals surface area (Å²) < 4.78 is 11.2. The SMILES string of the molecule is CC(=O)OC[C@@]12CCCC(C)(C)[C@@H]3[C@H]1[C@@]1(CO1)C(=O)C[C@@H]32. The van der Waals surface area contributed by atoms with E-state index in [1.54, 1.807) is 0 Å². The number of ether oxygens (including phenoxy) is 2. The van der Waals surface area contributed by atoms with Crippen LogP contribution in [0.5, 0.6) is 0 Å². The summed E-state index contributed by atoms with van der Waals surface area (Å²) >= 11 is 0. The van der Waals surface area contributed by atoms with E-state index in [4.69, 9.17) is 9.47 Å². The highest BCUT2D eigenvalue weighted by atomic mass is 16.6. The Balaban J connectivity index is 1.74. The molecule has 1 spiro atoms. The molecule has 0 N–H and O–H groups in total. The first-order valence-corrected chi connectivity index (χ1v) is 8.14. The molecule has 116 valence electrons. The van der Waals surface area contributed by atoms with Crippen LogP contribution < -0.4 is 0 Å². The zero-order chi connectivity index (χ0) is 15.0. The van der Waals surface area contributed by atoms with Gasteiger partial charge < -0.3 is 9.47 Å². The Morgan fingerprint density at radius 2 is 2.10 bits per heavy atom. The van der Waals surface area contributed by atoms with Gasteiger partial charge in [0.1, 0.15) is 0 Å².